The van der Waals surface area contributed by atoms with E-state index in [4.69, 9.17) is 16.3 Å². The number of hydrogen-bond acceptors (Lipinski definition) is 5. The van der Waals surface area contributed by atoms with Gasteiger partial charge in [-0.2, -0.15) is 4.31 Å². The Bertz CT molecular complexity index is 1360. The molecule has 4 rings (SSSR count). The molecule has 0 unspecified atom stereocenters. The fourth-order valence-corrected chi connectivity index (χ4v) is 5.31. The van der Waals surface area contributed by atoms with Crippen molar-refractivity contribution in [3.05, 3.63) is 75.2 Å². The van der Waals surface area contributed by atoms with E-state index >= 15 is 0 Å². The normalized spacial score (nSPS) is 14.9. The van der Waals surface area contributed by atoms with E-state index in [-0.39, 0.29) is 34.3 Å². The molecule has 0 atom stereocenters. The van der Waals surface area contributed by atoms with Crippen molar-refractivity contribution in [2.45, 2.75) is 11.8 Å². The largest absolute Gasteiger partial charge is 0.379 e. The first-order chi connectivity index (χ1) is 15.7. The number of ether oxygens (including phenoxy) is 1. The van der Waals surface area contributed by atoms with Gasteiger partial charge in [0, 0.05) is 20.1 Å². The van der Waals surface area contributed by atoms with Crippen LogP contribution in [-0.4, -0.2) is 54.3 Å². The van der Waals surface area contributed by atoms with E-state index in [1.54, 1.807) is 30.8 Å². The molecular weight excluding hydrogens is 468 g/mol. The number of amides is 1. The molecule has 9 nitrogen and oxygen atoms in total. The summed E-state index contributed by atoms with van der Waals surface area (Å²) in [6, 6.07) is 13.0. The first-order valence-electron chi connectivity index (χ1n) is 10.2. The third-order valence-electron chi connectivity index (χ3n) is 5.58. The van der Waals surface area contributed by atoms with Gasteiger partial charge >= 0.3 is 0 Å². The van der Waals surface area contributed by atoms with Gasteiger partial charge in [0.15, 0.2) is 0 Å². The minimum Gasteiger partial charge on any atom is -0.379 e. The number of hydrogen-bond donors (Lipinski definition) is 1. The predicted molar refractivity (Wildman–Crippen MR) is 125 cm³/mol. The van der Waals surface area contributed by atoms with Crippen molar-refractivity contribution < 1.29 is 17.9 Å². The highest BCUT2D eigenvalue weighted by Gasteiger charge is 2.28. The molecule has 2 aromatic carbocycles. The van der Waals surface area contributed by atoms with Crippen molar-refractivity contribution >= 4 is 33.2 Å². The molecule has 1 amide bonds. The Morgan fingerprint density at radius 3 is 2.42 bits per heavy atom. The molecule has 3 aromatic rings. The molecule has 1 fully saturated rings. The number of para-hydroxylation sites is 1. The number of morpholine rings is 1. The maximum atomic E-state index is 13.1. The first kappa shape index (κ1) is 23.2. The van der Waals surface area contributed by atoms with Crippen LogP contribution < -0.4 is 10.9 Å². The van der Waals surface area contributed by atoms with Gasteiger partial charge in [-0.1, -0.05) is 29.8 Å². The molecule has 2 heterocycles. The molecule has 0 saturated carbocycles. The summed E-state index contributed by atoms with van der Waals surface area (Å²) in [6.07, 6.45) is 0. The van der Waals surface area contributed by atoms with Crippen LogP contribution in [0.5, 0.6) is 0 Å². The fraction of sp³-hybridized carbons (Fsp3) is 0.273. The second-order valence-electron chi connectivity index (χ2n) is 7.55. The summed E-state index contributed by atoms with van der Waals surface area (Å²) in [5, 5.41) is 2.69. The summed E-state index contributed by atoms with van der Waals surface area (Å²) < 4.78 is 35.6. The van der Waals surface area contributed by atoms with E-state index in [0.29, 0.717) is 24.6 Å². The Morgan fingerprint density at radius 1 is 1.09 bits per heavy atom. The number of rotatable bonds is 5. The lowest BCUT2D eigenvalue weighted by Gasteiger charge is -2.26. The average molecular weight is 491 g/mol. The number of anilines is 1. The molecule has 0 aliphatic carbocycles. The van der Waals surface area contributed by atoms with Crippen LogP contribution in [0.15, 0.2) is 58.2 Å². The van der Waals surface area contributed by atoms with Crippen molar-refractivity contribution in [2.75, 3.05) is 31.6 Å². The summed E-state index contributed by atoms with van der Waals surface area (Å²) in [4.78, 5) is 26.1. The van der Waals surface area contributed by atoms with Crippen LogP contribution in [0.1, 0.15) is 16.1 Å². The SMILES string of the molecule is Cc1c(NC(=O)c2cc(S(=O)(=O)N3CCOCC3)ccc2Cl)c(=O)n(-c2ccccc2)n1C. The van der Waals surface area contributed by atoms with Crippen LogP contribution in [0, 0.1) is 6.92 Å². The van der Waals surface area contributed by atoms with Crippen LogP contribution in [0.3, 0.4) is 0 Å². The Morgan fingerprint density at radius 2 is 1.76 bits per heavy atom. The zero-order chi connectivity index (χ0) is 23.8. The van der Waals surface area contributed by atoms with Gasteiger partial charge in [-0.3, -0.25) is 14.3 Å². The van der Waals surface area contributed by atoms with E-state index in [0.717, 1.165) is 0 Å². The van der Waals surface area contributed by atoms with Gasteiger partial charge in [-0.25, -0.2) is 13.1 Å². The number of nitrogens with one attached hydrogen (secondary N) is 1. The van der Waals surface area contributed by atoms with Gasteiger partial charge in [-0.05, 0) is 37.3 Å². The summed E-state index contributed by atoms with van der Waals surface area (Å²) in [5.41, 5.74) is 0.808. The molecule has 33 heavy (non-hydrogen) atoms. The topological polar surface area (TPSA) is 103 Å². The van der Waals surface area contributed by atoms with Crippen molar-refractivity contribution in [3.63, 3.8) is 0 Å². The van der Waals surface area contributed by atoms with Gasteiger partial charge in [0.25, 0.3) is 11.5 Å². The number of aromatic nitrogens is 2. The van der Waals surface area contributed by atoms with E-state index in [1.165, 1.54) is 27.2 Å². The summed E-state index contributed by atoms with van der Waals surface area (Å²) >= 11 is 6.23. The Hall–Kier alpha value is -2.92. The molecule has 1 aromatic heterocycles. The number of benzene rings is 2. The summed E-state index contributed by atoms with van der Waals surface area (Å²) in [5.74, 6) is -0.676. The number of halogens is 1. The van der Waals surface area contributed by atoms with Gasteiger partial charge in [0.05, 0.1) is 40.1 Å². The van der Waals surface area contributed by atoms with Crippen molar-refractivity contribution in [2.24, 2.45) is 7.05 Å². The van der Waals surface area contributed by atoms with E-state index in [9.17, 15) is 18.0 Å². The first-order valence-corrected chi connectivity index (χ1v) is 12.1. The van der Waals surface area contributed by atoms with Crippen LogP contribution in [0.25, 0.3) is 5.69 Å². The highest BCUT2D eigenvalue weighted by Crippen LogP contribution is 2.25. The minimum atomic E-state index is -3.82. The van der Waals surface area contributed by atoms with E-state index in [1.807, 2.05) is 18.2 Å². The molecule has 11 heteroatoms. The highest BCUT2D eigenvalue weighted by molar-refractivity contribution is 7.89. The maximum Gasteiger partial charge on any atom is 0.295 e. The molecule has 1 saturated heterocycles. The van der Waals surface area contributed by atoms with Gasteiger partial charge in [0.1, 0.15) is 5.69 Å². The molecule has 0 radical (unpaired) electrons. The monoisotopic (exact) mass is 490 g/mol. The highest BCUT2D eigenvalue weighted by atomic mass is 35.5. The molecule has 0 spiro atoms. The fourth-order valence-electron chi connectivity index (χ4n) is 3.67. The lowest BCUT2D eigenvalue weighted by atomic mass is 10.2. The summed E-state index contributed by atoms with van der Waals surface area (Å²) in [7, 11) is -2.11. The standard InChI is InChI=1S/C22H23ClN4O5S/c1-15-20(22(29)27(25(15)2)16-6-4-3-5-7-16)24-21(28)18-14-17(8-9-19(18)23)33(30,31)26-10-12-32-13-11-26/h3-9,14H,10-13H2,1-2H3,(H,24,28). The van der Waals surface area contributed by atoms with Crippen LogP contribution >= 0.6 is 11.6 Å². The van der Waals surface area contributed by atoms with E-state index in [2.05, 4.69) is 5.32 Å². The third kappa shape index (κ3) is 4.34. The van der Waals surface area contributed by atoms with Crippen molar-refractivity contribution in [3.8, 4) is 5.69 Å². The number of sulfonamides is 1. The molecule has 1 aliphatic rings. The molecular formula is C22H23ClN4O5S. The second kappa shape index (κ2) is 9.14. The Balaban J connectivity index is 1.68. The predicted octanol–water partition coefficient (Wildman–Crippen LogP) is 2.41. The molecule has 1 aliphatic heterocycles. The Kier molecular flexibility index (Phi) is 6.44. The number of carbonyl (C=O) groups excluding carboxylic acids is 1. The number of carbonyl (C=O) groups is 1. The lowest BCUT2D eigenvalue weighted by molar-refractivity contribution is 0.0730. The summed E-state index contributed by atoms with van der Waals surface area (Å²) in [6.45, 7) is 2.78. The van der Waals surface area contributed by atoms with Crippen molar-refractivity contribution in [1.82, 2.24) is 13.7 Å². The number of nitrogens with zero attached hydrogens (tertiary/aromatic N) is 3. The van der Waals surface area contributed by atoms with E-state index < -0.39 is 21.5 Å². The van der Waals surface area contributed by atoms with Gasteiger partial charge in [-0.15, -0.1) is 0 Å². The second-order valence-corrected chi connectivity index (χ2v) is 9.89. The maximum absolute atomic E-state index is 13.1. The quantitative estimate of drug-likeness (QED) is 0.591. The average Bonchev–Trinajstić information content (AvgIpc) is 3.03. The molecule has 174 valence electrons. The van der Waals surface area contributed by atoms with Gasteiger partial charge < -0.3 is 10.1 Å². The Labute approximate surface area is 196 Å². The van der Waals surface area contributed by atoms with Crippen LogP contribution in [0.2, 0.25) is 5.02 Å². The minimum absolute atomic E-state index is 0.0417. The molecule has 1 N–H and O–H groups in total. The third-order valence-corrected chi connectivity index (χ3v) is 7.81. The zero-order valence-corrected chi connectivity index (χ0v) is 19.7. The smallest absolute Gasteiger partial charge is 0.295 e. The lowest BCUT2D eigenvalue weighted by Crippen LogP contribution is -2.40. The van der Waals surface area contributed by atoms with Crippen LogP contribution in [-0.2, 0) is 21.8 Å². The van der Waals surface area contributed by atoms with Gasteiger partial charge in [0.2, 0.25) is 10.0 Å². The van der Waals surface area contributed by atoms with Crippen molar-refractivity contribution in [1.29, 1.82) is 0 Å². The van der Waals surface area contributed by atoms with Crippen LogP contribution in [0.4, 0.5) is 5.69 Å². The molecule has 0 bridgehead atoms. The zero-order valence-electron chi connectivity index (χ0n) is 18.1.